The Hall–Kier alpha value is -3.71. The van der Waals surface area contributed by atoms with Crippen LogP contribution in [0, 0.1) is 0 Å². The summed E-state index contributed by atoms with van der Waals surface area (Å²) in [5.41, 5.74) is 4.38. The van der Waals surface area contributed by atoms with Crippen LogP contribution in [0.2, 0.25) is 0 Å². The number of thioether (sulfide) groups is 1. The highest BCUT2D eigenvalue weighted by atomic mass is 32.2. The molecule has 0 saturated heterocycles. The van der Waals surface area contributed by atoms with Gasteiger partial charge in [-0.15, -0.1) is 10.2 Å². The zero-order valence-corrected chi connectivity index (χ0v) is 18.7. The lowest BCUT2D eigenvalue weighted by Gasteiger charge is -2.26. The van der Waals surface area contributed by atoms with Crippen molar-refractivity contribution >= 4 is 17.7 Å². The highest BCUT2D eigenvalue weighted by Crippen LogP contribution is 2.32. The van der Waals surface area contributed by atoms with Crippen molar-refractivity contribution in [1.29, 1.82) is 0 Å². The van der Waals surface area contributed by atoms with Gasteiger partial charge in [-0.2, -0.15) is 0 Å². The molecule has 1 N–H and O–H groups in total. The van der Waals surface area contributed by atoms with E-state index in [1.807, 2.05) is 84.9 Å². The third-order valence-electron chi connectivity index (χ3n) is 5.39. The molecule has 1 aliphatic heterocycles. The Balaban J connectivity index is 1.33. The summed E-state index contributed by atoms with van der Waals surface area (Å²) in [4.78, 5) is 17.5. The van der Waals surface area contributed by atoms with Gasteiger partial charge in [0.15, 0.2) is 0 Å². The molecule has 3 aromatic carbocycles. The number of amides is 1. The van der Waals surface area contributed by atoms with E-state index in [-0.39, 0.29) is 17.7 Å². The molecule has 1 aliphatic rings. The van der Waals surface area contributed by atoms with Gasteiger partial charge in [0, 0.05) is 23.1 Å². The molecule has 0 aliphatic carbocycles. The maximum atomic E-state index is 12.7. The quantitative estimate of drug-likeness (QED) is 0.416. The van der Waals surface area contributed by atoms with Crippen molar-refractivity contribution in [2.24, 2.45) is 0 Å². The molecule has 164 valence electrons. The Morgan fingerprint density at radius 1 is 0.879 bits per heavy atom. The van der Waals surface area contributed by atoms with E-state index in [0.29, 0.717) is 11.8 Å². The topological polar surface area (TPSA) is 77.0 Å². The van der Waals surface area contributed by atoms with Crippen LogP contribution in [0.5, 0.6) is 5.75 Å². The van der Waals surface area contributed by atoms with E-state index in [9.17, 15) is 4.79 Å². The molecule has 6 nitrogen and oxygen atoms in total. The average molecular weight is 455 g/mol. The molecular weight excluding hydrogens is 432 g/mol. The Morgan fingerprint density at radius 2 is 1.55 bits per heavy atom. The number of ether oxygens (including phenoxy) is 1. The summed E-state index contributed by atoms with van der Waals surface area (Å²) in [6.45, 7) is 0.587. The molecule has 7 heteroatoms. The number of hydrogen-bond acceptors (Lipinski definition) is 6. The van der Waals surface area contributed by atoms with Crippen molar-refractivity contribution in [3.8, 4) is 28.3 Å². The smallest absolute Gasteiger partial charge is 0.230 e. The minimum atomic E-state index is -0.0706. The SMILES string of the molecule is O=C(CSc1nnc(-c2ccccc2)c(-c2ccccc2)n1)NC1CCOc2ccccc21. The van der Waals surface area contributed by atoms with Crippen molar-refractivity contribution in [1.82, 2.24) is 20.5 Å². The first-order valence-corrected chi connectivity index (χ1v) is 11.8. The number of hydrogen-bond donors (Lipinski definition) is 1. The predicted molar refractivity (Wildman–Crippen MR) is 129 cm³/mol. The molecule has 0 saturated carbocycles. The number of para-hydroxylation sites is 1. The molecule has 1 amide bonds. The van der Waals surface area contributed by atoms with E-state index >= 15 is 0 Å². The van der Waals surface area contributed by atoms with Crippen LogP contribution in [0.15, 0.2) is 90.1 Å². The lowest BCUT2D eigenvalue weighted by molar-refractivity contribution is -0.119. The molecule has 2 heterocycles. The van der Waals surface area contributed by atoms with Gasteiger partial charge >= 0.3 is 0 Å². The van der Waals surface area contributed by atoms with Crippen LogP contribution in [0.1, 0.15) is 18.0 Å². The highest BCUT2D eigenvalue weighted by Gasteiger charge is 2.23. The molecule has 1 atom stereocenters. The highest BCUT2D eigenvalue weighted by molar-refractivity contribution is 7.99. The number of benzene rings is 3. The molecule has 0 radical (unpaired) electrons. The van der Waals surface area contributed by atoms with Gasteiger partial charge in [-0.1, -0.05) is 90.6 Å². The summed E-state index contributed by atoms with van der Waals surface area (Å²) >= 11 is 1.28. The fraction of sp³-hybridized carbons (Fsp3) is 0.154. The van der Waals surface area contributed by atoms with E-state index in [4.69, 9.17) is 9.72 Å². The first-order chi connectivity index (χ1) is 16.3. The molecule has 4 aromatic rings. The largest absolute Gasteiger partial charge is 0.493 e. The lowest BCUT2D eigenvalue weighted by atomic mass is 10.0. The molecule has 0 bridgehead atoms. The maximum Gasteiger partial charge on any atom is 0.230 e. The van der Waals surface area contributed by atoms with Crippen molar-refractivity contribution in [2.75, 3.05) is 12.4 Å². The van der Waals surface area contributed by atoms with Gasteiger partial charge in [0.25, 0.3) is 0 Å². The average Bonchev–Trinajstić information content (AvgIpc) is 2.89. The Morgan fingerprint density at radius 3 is 2.30 bits per heavy atom. The minimum Gasteiger partial charge on any atom is -0.493 e. The van der Waals surface area contributed by atoms with Gasteiger partial charge in [0.05, 0.1) is 18.4 Å². The number of rotatable bonds is 6. The zero-order chi connectivity index (χ0) is 22.5. The van der Waals surface area contributed by atoms with E-state index in [1.54, 1.807) is 0 Å². The minimum absolute atomic E-state index is 0.0533. The summed E-state index contributed by atoms with van der Waals surface area (Å²) in [6.07, 6.45) is 0.745. The van der Waals surface area contributed by atoms with E-state index in [1.165, 1.54) is 11.8 Å². The summed E-state index contributed by atoms with van der Waals surface area (Å²) in [5, 5.41) is 12.3. The summed E-state index contributed by atoms with van der Waals surface area (Å²) in [5.74, 6) is 0.970. The number of nitrogens with zero attached hydrogens (tertiary/aromatic N) is 3. The second-order valence-electron chi connectivity index (χ2n) is 7.61. The number of carbonyl (C=O) groups is 1. The number of fused-ring (bicyclic) bond motifs is 1. The third-order valence-corrected chi connectivity index (χ3v) is 6.23. The molecule has 33 heavy (non-hydrogen) atoms. The number of carbonyl (C=O) groups excluding carboxylic acids is 1. The summed E-state index contributed by atoms with van der Waals surface area (Å²) in [6, 6.07) is 27.6. The van der Waals surface area contributed by atoms with Crippen LogP contribution < -0.4 is 10.1 Å². The van der Waals surface area contributed by atoms with Gasteiger partial charge < -0.3 is 10.1 Å². The lowest BCUT2D eigenvalue weighted by Crippen LogP contribution is -2.33. The molecule has 1 aromatic heterocycles. The monoisotopic (exact) mass is 454 g/mol. The van der Waals surface area contributed by atoms with Crippen molar-refractivity contribution in [2.45, 2.75) is 17.6 Å². The molecule has 5 rings (SSSR count). The maximum absolute atomic E-state index is 12.7. The summed E-state index contributed by atoms with van der Waals surface area (Å²) < 4.78 is 5.68. The summed E-state index contributed by atoms with van der Waals surface area (Å²) in [7, 11) is 0. The first kappa shape index (κ1) is 21.2. The van der Waals surface area contributed by atoms with Gasteiger partial charge in [-0.3, -0.25) is 4.79 Å². The predicted octanol–water partition coefficient (Wildman–Crippen LogP) is 4.94. The second-order valence-corrected chi connectivity index (χ2v) is 8.55. The second kappa shape index (κ2) is 9.83. The number of aromatic nitrogens is 3. The zero-order valence-electron chi connectivity index (χ0n) is 17.8. The normalized spacial score (nSPS) is 14.7. The van der Waals surface area contributed by atoms with Crippen molar-refractivity contribution < 1.29 is 9.53 Å². The van der Waals surface area contributed by atoms with E-state index < -0.39 is 0 Å². The Labute approximate surface area is 196 Å². The fourth-order valence-electron chi connectivity index (χ4n) is 3.82. The van der Waals surface area contributed by atoms with E-state index in [2.05, 4.69) is 15.5 Å². The van der Waals surface area contributed by atoms with Crippen LogP contribution in [0.3, 0.4) is 0 Å². The van der Waals surface area contributed by atoms with Crippen LogP contribution in [-0.4, -0.2) is 33.4 Å². The third kappa shape index (κ3) is 4.88. The van der Waals surface area contributed by atoms with Crippen LogP contribution in [0.25, 0.3) is 22.5 Å². The van der Waals surface area contributed by atoms with Crippen molar-refractivity contribution in [3.05, 3.63) is 90.5 Å². The number of nitrogens with one attached hydrogen (secondary N) is 1. The molecular formula is C26H22N4O2S. The molecule has 1 unspecified atom stereocenters. The van der Waals surface area contributed by atoms with Crippen LogP contribution in [-0.2, 0) is 4.79 Å². The van der Waals surface area contributed by atoms with Gasteiger partial charge in [-0.05, 0) is 6.07 Å². The fourth-order valence-corrected chi connectivity index (χ4v) is 4.42. The van der Waals surface area contributed by atoms with Crippen molar-refractivity contribution in [3.63, 3.8) is 0 Å². The standard InChI is InChI=1S/C26H22N4O2S/c31-23(27-21-15-16-32-22-14-8-7-13-20(21)22)17-33-26-28-24(18-9-3-1-4-10-18)25(29-30-26)19-11-5-2-6-12-19/h1-14,21H,15-17H2,(H,27,31). The Bertz CT molecular complexity index is 1250. The van der Waals surface area contributed by atoms with Gasteiger partial charge in [0.2, 0.25) is 11.1 Å². The van der Waals surface area contributed by atoms with Gasteiger partial charge in [0.1, 0.15) is 17.1 Å². The molecule has 0 spiro atoms. The van der Waals surface area contributed by atoms with E-state index in [0.717, 1.165) is 40.2 Å². The van der Waals surface area contributed by atoms with Crippen LogP contribution in [0.4, 0.5) is 0 Å². The molecule has 0 fully saturated rings. The van der Waals surface area contributed by atoms with Gasteiger partial charge in [-0.25, -0.2) is 4.98 Å². The Kier molecular flexibility index (Phi) is 6.30. The first-order valence-electron chi connectivity index (χ1n) is 10.8. The van der Waals surface area contributed by atoms with Crippen LogP contribution >= 0.6 is 11.8 Å².